The van der Waals surface area contributed by atoms with Crippen LogP contribution in [0.15, 0.2) is 12.4 Å². The van der Waals surface area contributed by atoms with E-state index in [1.807, 2.05) is 6.07 Å². The maximum absolute atomic E-state index is 9.75. The molecule has 1 aliphatic carbocycles. The summed E-state index contributed by atoms with van der Waals surface area (Å²) in [6.45, 7) is 5.35. The lowest BCUT2D eigenvalue weighted by Gasteiger charge is -2.27. The van der Waals surface area contributed by atoms with Gasteiger partial charge in [-0.25, -0.2) is 9.97 Å². The van der Waals surface area contributed by atoms with Gasteiger partial charge in [-0.15, -0.1) is 0 Å². The number of nitrogens with one attached hydrogen (secondary N) is 1. The SMILES string of the molecule is CCCC1(CO)CCN(c2cc(NCC3CC3)ncn2)C1. The Kier molecular flexibility index (Phi) is 4.29. The van der Waals surface area contributed by atoms with E-state index in [2.05, 4.69) is 27.1 Å². The lowest BCUT2D eigenvalue weighted by molar-refractivity contribution is 0.134. The van der Waals surface area contributed by atoms with Crippen LogP contribution in [0.3, 0.4) is 0 Å². The molecule has 0 radical (unpaired) electrons. The molecule has 2 heterocycles. The third-order valence-electron chi connectivity index (χ3n) is 4.80. The highest BCUT2D eigenvalue weighted by molar-refractivity contribution is 5.49. The zero-order valence-corrected chi connectivity index (χ0v) is 12.9. The van der Waals surface area contributed by atoms with E-state index in [0.717, 1.165) is 56.5 Å². The van der Waals surface area contributed by atoms with Crippen LogP contribution >= 0.6 is 0 Å². The third kappa shape index (κ3) is 3.46. The molecule has 0 aromatic carbocycles. The summed E-state index contributed by atoms with van der Waals surface area (Å²) >= 11 is 0. The summed E-state index contributed by atoms with van der Waals surface area (Å²) < 4.78 is 0. The van der Waals surface area contributed by atoms with Crippen LogP contribution in [0.4, 0.5) is 11.6 Å². The van der Waals surface area contributed by atoms with E-state index in [0.29, 0.717) is 0 Å². The molecule has 5 heteroatoms. The lowest BCUT2D eigenvalue weighted by Crippen LogP contribution is -2.30. The fourth-order valence-electron chi connectivity index (χ4n) is 3.26. The van der Waals surface area contributed by atoms with Crippen molar-refractivity contribution in [2.45, 2.75) is 39.0 Å². The van der Waals surface area contributed by atoms with Crippen molar-refractivity contribution in [3.63, 3.8) is 0 Å². The average Bonchev–Trinajstić information content (AvgIpc) is 3.25. The molecule has 3 rings (SSSR count). The van der Waals surface area contributed by atoms with Crippen LogP contribution in [0.2, 0.25) is 0 Å². The van der Waals surface area contributed by atoms with Gasteiger partial charge < -0.3 is 15.3 Å². The summed E-state index contributed by atoms with van der Waals surface area (Å²) in [6, 6.07) is 2.04. The molecule has 21 heavy (non-hydrogen) atoms. The normalized spacial score (nSPS) is 25.3. The van der Waals surface area contributed by atoms with Gasteiger partial charge in [-0.05, 0) is 31.6 Å². The topological polar surface area (TPSA) is 61.3 Å². The number of anilines is 2. The molecule has 1 aromatic heterocycles. The second-order valence-electron chi connectivity index (χ2n) is 6.67. The first kappa shape index (κ1) is 14.6. The van der Waals surface area contributed by atoms with Crippen molar-refractivity contribution in [2.75, 3.05) is 36.5 Å². The Morgan fingerprint density at radius 1 is 1.43 bits per heavy atom. The molecule has 1 saturated heterocycles. The van der Waals surface area contributed by atoms with Crippen LogP contribution in [-0.4, -0.2) is 41.3 Å². The van der Waals surface area contributed by atoms with Gasteiger partial charge in [-0.2, -0.15) is 0 Å². The predicted molar refractivity (Wildman–Crippen MR) is 84.5 cm³/mol. The summed E-state index contributed by atoms with van der Waals surface area (Å²) in [6.07, 6.45) is 7.57. The first-order valence-electron chi connectivity index (χ1n) is 8.16. The molecule has 1 aliphatic heterocycles. The second kappa shape index (κ2) is 6.18. The summed E-state index contributed by atoms with van der Waals surface area (Å²) in [5.41, 5.74) is 0.0568. The van der Waals surface area contributed by atoms with Crippen LogP contribution in [0.5, 0.6) is 0 Å². The summed E-state index contributed by atoms with van der Waals surface area (Å²) in [5.74, 6) is 2.74. The molecule has 0 bridgehead atoms. The number of hydrogen-bond acceptors (Lipinski definition) is 5. The van der Waals surface area contributed by atoms with E-state index in [4.69, 9.17) is 0 Å². The highest BCUT2D eigenvalue weighted by Crippen LogP contribution is 2.36. The van der Waals surface area contributed by atoms with Gasteiger partial charge in [0.05, 0.1) is 6.61 Å². The summed E-state index contributed by atoms with van der Waals surface area (Å²) in [5, 5.41) is 13.2. The van der Waals surface area contributed by atoms with Gasteiger partial charge in [0.25, 0.3) is 0 Å². The van der Waals surface area contributed by atoms with Crippen LogP contribution in [-0.2, 0) is 0 Å². The van der Waals surface area contributed by atoms with Gasteiger partial charge in [0, 0.05) is 31.1 Å². The molecule has 1 saturated carbocycles. The molecule has 2 aliphatic rings. The molecule has 1 atom stereocenters. The Balaban J connectivity index is 1.64. The molecule has 0 spiro atoms. The molecule has 2 N–H and O–H groups in total. The van der Waals surface area contributed by atoms with E-state index in [1.165, 1.54) is 12.8 Å². The standard InChI is InChI=1S/C16H26N4O/c1-2-5-16(11-21)6-7-20(10-16)15-8-14(18-12-19-15)17-9-13-3-4-13/h8,12-13,21H,2-7,9-11H2,1H3,(H,17,18,19). The Morgan fingerprint density at radius 2 is 2.29 bits per heavy atom. The lowest BCUT2D eigenvalue weighted by atomic mass is 9.83. The monoisotopic (exact) mass is 290 g/mol. The van der Waals surface area contributed by atoms with Gasteiger partial charge in [0.1, 0.15) is 18.0 Å². The molecule has 1 unspecified atom stereocenters. The number of aliphatic hydroxyl groups is 1. The van der Waals surface area contributed by atoms with Crippen LogP contribution in [0, 0.1) is 11.3 Å². The quantitative estimate of drug-likeness (QED) is 0.807. The van der Waals surface area contributed by atoms with E-state index < -0.39 is 0 Å². The smallest absolute Gasteiger partial charge is 0.134 e. The van der Waals surface area contributed by atoms with Gasteiger partial charge in [0.2, 0.25) is 0 Å². The maximum atomic E-state index is 9.75. The Bertz CT molecular complexity index is 477. The number of aromatic nitrogens is 2. The Hall–Kier alpha value is -1.36. The minimum atomic E-state index is 0.0568. The largest absolute Gasteiger partial charge is 0.396 e. The van der Waals surface area contributed by atoms with Crippen LogP contribution in [0.25, 0.3) is 0 Å². The number of aliphatic hydroxyl groups excluding tert-OH is 1. The first-order valence-corrected chi connectivity index (χ1v) is 8.16. The highest BCUT2D eigenvalue weighted by Gasteiger charge is 2.37. The number of rotatable bonds is 7. The van der Waals surface area contributed by atoms with Gasteiger partial charge in [-0.3, -0.25) is 0 Å². The molecule has 2 fully saturated rings. The summed E-state index contributed by atoms with van der Waals surface area (Å²) in [4.78, 5) is 11.0. The average molecular weight is 290 g/mol. The van der Waals surface area contributed by atoms with E-state index in [-0.39, 0.29) is 12.0 Å². The van der Waals surface area contributed by atoms with Crippen LogP contribution in [0.1, 0.15) is 39.0 Å². The van der Waals surface area contributed by atoms with Crippen molar-refractivity contribution < 1.29 is 5.11 Å². The number of nitrogens with zero attached hydrogens (tertiary/aromatic N) is 3. The van der Waals surface area contributed by atoms with E-state index in [1.54, 1.807) is 6.33 Å². The zero-order valence-electron chi connectivity index (χ0n) is 12.9. The fraction of sp³-hybridized carbons (Fsp3) is 0.750. The second-order valence-corrected chi connectivity index (χ2v) is 6.67. The van der Waals surface area contributed by atoms with Crippen molar-refractivity contribution in [1.29, 1.82) is 0 Å². The molecule has 0 amide bonds. The highest BCUT2D eigenvalue weighted by atomic mass is 16.3. The molecule has 5 nitrogen and oxygen atoms in total. The number of hydrogen-bond donors (Lipinski definition) is 2. The maximum Gasteiger partial charge on any atom is 0.134 e. The van der Waals surface area contributed by atoms with Crippen LogP contribution < -0.4 is 10.2 Å². The zero-order chi connectivity index (χ0) is 14.7. The third-order valence-corrected chi connectivity index (χ3v) is 4.80. The van der Waals surface area contributed by atoms with Crippen molar-refractivity contribution >= 4 is 11.6 Å². The minimum Gasteiger partial charge on any atom is -0.396 e. The molecule has 1 aromatic rings. The molecular weight excluding hydrogens is 264 g/mol. The van der Waals surface area contributed by atoms with Crippen molar-refractivity contribution in [2.24, 2.45) is 11.3 Å². The summed E-state index contributed by atoms with van der Waals surface area (Å²) in [7, 11) is 0. The Labute approximate surface area is 126 Å². The van der Waals surface area contributed by atoms with Crippen molar-refractivity contribution in [1.82, 2.24) is 9.97 Å². The van der Waals surface area contributed by atoms with Gasteiger partial charge in [-0.1, -0.05) is 13.3 Å². The predicted octanol–water partition coefficient (Wildman–Crippen LogP) is 2.29. The van der Waals surface area contributed by atoms with E-state index in [9.17, 15) is 5.11 Å². The first-order chi connectivity index (χ1) is 10.2. The molecular formula is C16H26N4O. The van der Waals surface area contributed by atoms with Gasteiger partial charge >= 0.3 is 0 Å². The van der Waals surface area contributed by atoms with Crippen molar-refractivity contribution in [3.05, 3.63) is 12.4 Å². The fourth-order valence-corrected chi connectivity index (χ4v) is 3.26. The van der Waals surface area contributed by atoms with E-state index >= 15 is 0 Å². The minimum absolute atomic E-state index is 0.0568. The van der Waals surface area contributed by atoms with Crippen molar-refractivity contribution in [3.8, 4) is 0 Å². The van der Waals surface area contributed by atoms with Gasteiger partial charge in [0.15, 0.2) is 0 Å². The Morgan fingerprint density at radius 3 is 3.00 bits per heavy atom. The molecule has 116 valence electrons.